The number of nitriles is 1. The first kappa shape index (κ1) is 5.51. The van der Waals surface area contributed by atoms with Gasteiger partial charge < -0.3 is 5.73 Å². The molecule has 1 heterocycles. The highest BCUT2D eigenvalue weighted by Crippen LogP contribution is 2.02. The largest absolute Gasteiger partial charge is 0.396 e. The maximum absolute atomic E-state index is 8.32. The van der Waals surface area contributed by atoms with Gasteiger partial charge in [-0.1, -0.05) is 0 Å². The summed E-state index contributed by atoms with van der Waals surface area (Å²) in [7, 11) is 0. The van der Waals surface area contributed by atoms with Crippen LogP contribution in [0.4, 0.5) is 5.69 Å². The summed E-state index contributed by atoms with van der Waals surface area (Å²) in [6.07, 6.45) is 2.67. The Labute approximate surface area is 51.9 Å². The predicted octanol–water partition coefficient (Wildman–Crippen LogP) is -0.0695. The third-order valence-electron chi connectivity index (χ3n) is 0.882. The van der Waals surface area contributed by atoms with Crippen LogP contribution in [0.1, 0.15) is 5.56 Å². The van der Waals surface area contributed by atoms with Crippen LogP contribution in [-0.2, 0) is 0 Å². The standard InChI is InChI=1S/C5H4N4/c6-1-4-2-8-9-3-5(4)7/h2-3H,(H2,7,8). The zero-order chi connectivity index (χ0) is 6.69. The summed E-state index contributed by atoms with van der Waals surface area (Å²) in [5, 5.41) is 15.3. The van der Waals surface area contributed by atoms with Crippen LogP contribution in [-0.4, -0.2) is 10.2 Å². The molecule has 0 bridgehead atoms. The molecule has 0 amide bonds. The first-order valence-electron chi connectivity index (χ1n) is 2.31. The summed E-state index contributed by atoms with van der Waals surface area (Å²) in [5.74, 6) is 0. The third-order valence-corrected chi connectivity index (χ3v) is 0.882. The number of rotatable bonds is 0. The molecule has 0 saturated heterocycles. The molecule has 0 atom stereocenters. The molecule has 0 unspecified atom stereocenters. The molecular formula is C5H4N4. The molecule has 1 rings (SSSR count). The van der Waals surface area contributed by atoms with Crippen LogP contribution in [0.2, 0.25) is 0 Å². The van der Waals surface area contributed by atoms with Crippen molar-refractivity contribution in [2.24, 2.45) is 0 Å². The van der Waals surface area contributed by atoms with E-state index < -0.39 is 0 Å². The number of hydrogen-bond donors (Lipinski definition) is 1. The van der Waals surface area contributed by atoms with Crippen molar-refractivity contribution in [1.82, 2.24) is 10.2 Å². The van der Waals surface area contributed by atoms with Crippen molar-refractivity contribution >= 4 is 5.69 Å². The van der Waals surface area contributed by atoms with Gasteiger partial charge in [0, 0.05) is 0 Å². The Balaban J connectivity index is 3.20. The minimum absolute atomic E-state index is 0.366. The van der Waals surface area contributed by atoms with E-state index in [0.29, 0.717) is 11.3 Å². The number of nitrogens with two attached hydrogens (primary N) is 1. The van der Waals surface area contributed by atoms with Crippen molar-refractivity contribution in [1.29, 1.82) is 5.26 Å². The first-order valence-corrected chi connectivity index (χ1v) is 2.31. The van der Waals surface area contributed by atoms with Gasteiger partial charge in [-0.2, -0.15) is 15.5 Å². The molecule has 4 nitrogen and oxygen atoms in total. The van der Waals surface area contributed by atoms with E-state index in [4.69, 9.17) is 11.0 Å². The Morgan fingerprint density at radius 1 is 1.44 bits per heavy atom. The number of nitrogens with zero attached hydrogens (tertiary/aromatic N) is 3. The van der Waals surface area contributed by atoms with Gasteiger partial charge in [-0.15, -0.1) is 0 Å². The Bertz CT molecular complexity index is 249. The summed E-state index contributed by atoms with van der Waals surface area (Å²) in [6.45, 7) is 0. The summed E-state index contributed by atoms with van der Waals surface area (Å²) in [5.41, 5.74) is 6.04. The molecule has 2 N–H and O–H groups in total. The number of nitrogen functional groups attached to an aromatic ring is 1. The van der Waals surface area contributed by atoms with Gasteiger partial charge in [0.05, 0.1) is 23.6 Å². The molecule has 0 saturated carbocycles. The fourth-order valence-electron chi connectivity index (χ4n) is 0.424. The van der Waals surface area contributed by atoms with E-state index >= 15 is 0 Å². The van der Waals surface area contributed by atoms with Gasteiger partial charge >= 0.3 is 0 Å². The van der Waals surface area contributed by atoms with Gasteiger partial charge in [0.1, 0.15) is 6.07 Å². The minimum Gasteiger partial charge on any atom is -0.396 e. The predicted molar refractivity (Wildman–Crippen MR) is 31.2 cm³/mol. The zero-order valence-electron chi connectivity index (χ0n) is 4.57. The van der Waals surface area contributed by atoms with Crippen molar-refractivity contribution < 1.29 is 0 Å². The second kappa shape index (κ2) is 2.09. The van der Waals surface area contributed by atoms with Crippen molar-refractivity contribution in [3.8, 4) is 6.07 Å². The smallest absolute Gasteiger partial charge is 0.103 e. The van der Waals surface area contributed by atoms with E-state index in [1.165, 1.54) is 12.4 Å². The maximum atomic E-state index is 8.32. The molecule has 1 aromatic rings. The highest BCUT2D eigenvalue weighted by Gasteiger charge is 1.93. The van der Waals surface area contributed by atoms with E-state index in [-0.39, 0.29) is 0 Å². The topological polar surface area (TPSA) is 75.6 Å². The van der Waals surface area contributed by atoms with E-state index in [1.807, 2.05) is 6.07 Å². The average molecular weight is 120 g/mol. The van der Waals surface area contributed by atoms with Crippen molar-refractivity contribution in [2.75, 3.05) is 5.73 Å². The Morgan fingerprint density at radius 3 is 2.56 bits per heavy atom. The highest BCUT2D eigenvalue weighted by molar-refractivity contribution is 5.49. The molecular weight excluding hydrogens is 116 g/mol. The van der Waals surface area contributed by atoms with Crippen LogP contribution in [0.15, 0.2) is 12.4 Å². The van der Waals surface area contributed by atoms with Crippen molar-refractivity contribution in [3.63, 3.8) is 0 Å². The molecule has 0 aromatic carbocycles. The highest BCUT2D eigenvalue weighted by atomic mass is 15.1. The summed E-state index contributed by atoms with van der Waals surface area (Å²) >= 11 is 0. The molecule has 44 valence electrons. The van der Waals surface area contributed by atoms with Crippen LogP contribution in [0.3, 0.4) is 0 Å². The second-order valence-electron chi connectivity index (χ2n) is 1.47. The summed E-state index contributed by atoms with van der Waals surface area (Å²) in [6, 6.07) is 1.87. The first-order chi connectivity index (χ1) is 4.34. The molecule has 0 aliphatic rings. The van der Waals surface area contributed by atoms with Crippen LogP contribution in [0.25, 0.3) is 0 Å². The molecule has 9 heavy (non-hydrogen) atoms. The molecule has 0 aliphatic heterocycles. The lowest BCUT2D eigenvalue weighted by atomic mass is 10.3. The van der Waals surface area contributed by atoms with Crippen LogP contribution < -0.4 is 5.73 Å². The van der Waals surface area contributed by atoms with Crippen molar-refractivity contribution in [3.05, 3.63) is 18.0 Å². The Morgan fingerprint density at radius 2 is 2.11 bits per heavy atom. The zero-order valence-corrected chi connectivity index (χ0v) is 4.57. The number of aromatic nitrogens is 2. The molecule has 4 heteroatoms. The lowest BCUT2D eigenvalue weighted by molar-refractivity contribution is 1.03. The van der Waals surface area contributed by atoms with E-state index in [1.54, 1.807) is 0 Å². The summed E-state index contributed by atoms with van der Waals surface area (Å²) in [4.78, 5) is 0. The Hall–Kier alpha value is -1.63. The lowest BCUT2D eigenvalue weighted by Gasteiger charge is -1.89. The fourth-order valence-corrected chi connectivity index (χ4v) is 0.424. The molecule has 0 fully saturated rings. The van der Waals surface area contributed by atoms with Gasteiger partial charge in [-0.05, 0) is 0 Å². The third kappa shape index (κ3) is 0.941. The normalized spacial score (nSPS) is 8.33. The monoisotopic (exact) mass is 120 g/mol. The molecule has 1 aromatic heterocycles. The van der Waals surface area contributed by atoms with Crippen LogP contribution in [0.5, 0.6) is 0 Å². The van der Waals surface area contributed by atoms with Crippen LogP contribution in [0, 0.1) is 11.3 Å². The Kier molecular flexibility index (Phi) is 1.28. The maximum Gasteiger partial charge on any atom is 0.103 e. The molecule has 0 aliphatic carbocycles. The van der Waals surface area contributed by atoms with Gasteiger partial charge in [0.2, 0.25) is 0 Å². The average Bonchev–Trinajstić information content (AvgIpc) is 1.89. The summed E-state index contributed by atoms with van der Waals surface area (Å²) < 4.78 is 0. The molecule has 0 spiro atoms. The molecule has 0 radical (unpaired) electrons. The van der Waals surface area contributed by atoms with E-state index in [9.17, 15) is 0 Å². The van der Waals surface area contributed by atoms with Crippen LogP contribution >= 0.6 is 0 Å². The SMILES string of the molecule is N#Cc1cnncc1N. The van der Waals surface area contributed by atoms with E-state index in [2.05, 4.69) is 10.2 Å². The van der Waals surface area contributed by atoms with E-state index in [0.717, 1.165) is 0 Å². The fraction of sp³-hybridized carbons (Fsp3) is 0. The van der Waals surface area contributed by atoms with Crippen molar-refractivity contribution in [2.45, 2.75) is 0 Å². The van der Waals surface area contributed by atoms with Gasteiger partial charge in [-0.3, -0.25) is 0 Å². The number of hydrogen-bond acceptors (Lipinski definition) is 4. The van der Waals surface area contributed by atoms with Gasteiger partial charge in [0.15, 0.2) is 0 Å². The second-order valence-corrected chi connectivity index (χ2v) is 1.47. The minimum atomic E-state index is 0.366. The van der Waals surface area contributed by atoms with Gasteiger partial charge in [0.25, 0.3) is 0 Å². The number of anilines is 1. The van der Waals surface area contributed by atoms with Gasteiger partial charge in [-0.25, -0.2) is 0 Å². The lowest BCUT2D eigenvalue weighted by Crippen LogP contribution is -1.92. The quantitative estimate of drug-likeness (QED) is 0.520.